The molecule has 0 aliphatic carbocycles. The Morgan fingerprint density at radius 2 is 2.33 bits per heavy atom. The zero-order chi connectivity index (χ0) is 6.85. The van der Waals surface area contributed by atoms with E-state index in [4.69, 9.17) is 28.6 Å². The second-order valence-electron chi connectivity index (χ2n) is 1.32. The van der Waals surface area contributed by atoms with Crippen LogP contribution in [0.1, 0.15) is 0 Å². The largest absolute Gasteiger partial charge is 0.251 e. The Balaban J connectivity index is 2.70. The topological polar surface area (TPSA) is 39.1 Å². The molecule has 0 aromatic heterocycles. The van der Waals surface area contributed by atoms with Crippen LogP contribution in [-0.2, 0) is 0 Å². The van der Waals surface area contributed by atoms with E-state index >= 15 is 0 Å². The third kappa shape index (κ3) is 1.48. The van der Waals surface area contributed by atoms with Gasteiger partial charge in [0.15, 0.2) is 0 Å². The molecule has 1 heterocycles. The van der Waals surface area contributed by atoms with Crippen LogP contribution >= 0.6 is 23.4 Å². The van der Waals surface area contributed by atoms with Crippen molar-refractivity contribution in [2.24, 2.45) is 5.10 Å². The van der Waals surface area contributed by atoms with Crippen LogP contribution in [-0.4, -0.2) is 21.2 Å². The molecule has 0 fully saturated rings. The van der Waals surface area contributed by atoms with Gasteiger partial charge in [-0.05, 0) is 0 Å². The van der Waals surface area contributed by atoms with Crippen LogP contribution in [0.3, 0.4) is 0 Å². The smallest absolute Gasteiger partial charge is 0.0803 e. The average molecular weight is 168 g/mol. The molecule has 0 amide bonds. The third-order valence-corrected chi connectivity index (χ3v) is 1.11. The zero-order valence-electron chi connectivity index (χ0n) is 4.20. The summed E-state index contributed by atoms with van der Waals surface area (Å²) in [6, 6.07) is 0. The SMILES string of the molecule is ON1N=CC(Cl)=CN1Cl. The van der Waals surface area contributed by atoms with E-state index in [2.05, 4.69) is 5.10 Å². The molecule has 0 saturated heterocycles. The molecule has 4 nitrogen and oxygen atoms in total. The maximum Gasteiger partial charge on any atom is 0.0803 e. The first-order chi connectivity index (χ1) is 4.20. The molecule has 6 heteroatoms. The number of hydrogen-bond donors (Lipinski definition) is 1. The van der Waals surface area contributed by atoms with Gasteiger partial charge >= 0.3 is 0 Å². The zero-order valence-corrected chi connectivity index (χ0v) is 5.71. The number of nitrogens with zero attached hydrogens (tertiary/aromatic N) is 3. The molecule has 0 radical (unpaired) electrons. The predicted molar refractivity (Wildman–Crippen MR) is 33.7 cm³/mol. The Morgan fingerprint density at radius 3 is 2.78 bits per heavy atom. The van der Waals surface area contributed by atoms with Crippen LogP contribution in [0.5, 0.6) is 0 Å². The molecule has 0 atom stereocenters. The van der Waals surface area contributed by atoms with Crippen LogP contribution < -0.4 is 0 Å². The molecule has 50 valence electrons. The Hall–Kier alpha value is -0.450. The van der Waals surface area contributed by atoms with Crippen LogP contribution in [0.25, 0.3) is 0 Å². The molecule has 0 unspecified atom stereocenters. The minimum atomic E-state index is 0.357. The van der Waals surface area contributed by atoms with E-state index in [9.17, 15) is 0 Å². The lowest BCUT2D eigenvalue weighted by molar-refractivity contribution is -0.186. The summed E-state index contributed by atoms with van der Waals surface area (Å²) in [5.74, 6) is 0. The highest BCUT2D eigenvalue weighted by atomic mass is 35.5. The average Bonchev–Trinajstić information content (AvgIpc) is 1.80. The van der Waals surface area contributed by atoms with E-state index in [-0.39, 0.29) is 0 Å². The summed E-state index contributed by atoms with van der Waals surface area (Å²) >= 11 is 10.7. The Morgan fingerprint density at radius 1 is 1.67 bits per heavy atom. The summed E-state index contributed by atoms with van der Waals surface area (Å²) < 4.78 is 0.822. The number of hydrogen-bond acceptors (Lipinski definition) is 4. The Labute approximate surface area is 61.6 Å². The highest BCUT2D eigenvalue weighted by molar-refractivity contribution is 6.39. The van der Waals surface area contributed by atoms with Gasteiger partial charge in [-0.1, -0.05) is 16.9 Å². The number of rotatable bonds is 0. The lowest BCUT2D eigenvalue weighted by atomic mass is 10.6. The molecule has 0 aromatic carbocycles. The lowest BCUT2D eigenvalue weighted by Crippen LogP contribution is -2.26. The van der Waals surface area contributed by atoms with Crippen LogP contribution in [0.2, 0.25) is 0 Å². The number of allylic oxidation sites excluding steroid dienone is 1. The quantitative estimate of drug-likeness (QED) is 0.551. The molecule has 0 spiro atoms. The van der Waals surface area contributed by atoms with Crippen molar-refractivity contribution in [2.75, 3.05) is 0 Å². The summed E-state index contributed by atoms with van der Waals surface area (Å²) in [6.45, 7) is 0. The van der Waals surface area contributed by atoms with Crippen molar-refractivity contribution in [1.29, 1.82) is 0 Å². The molecule has 1 aliphatic rings. The summed E-state index contributed by atoms with van der Waals surface area (Å²) in [5, 5.41) is 12.8. The number of hydrazine groups is 1. The Kier molecular flexibility index (Phi) is 1.80. The van der Waals surface area contributed by atoms with E-state index in [0.717, 1.165) is 4.53 Å². The van der Waals surface area contributed by atoms with Gasteiger partial charge in [0.1, 0.15) is 0 Å². The number of hydrazone groups is 1. The van der Waals surface area contributed by atoms with Crippen molar-refractivity contribution < 1.29 is 5.21 Å². The van der Waals surface area contributed by atoms with Gasteiger partial charge in [0.25, 0.3) is 0 Å². The lowest BCUT2D eigenvalue weighted by Gasteiger charge is -2.19. The molecule has 0 saturated carbocycles. The first kappa shape index (κ1) is 6.67. The molecule has 0 aromatic rings. The maximum atomic E-state index is 8.62. The van der Waals surface area contributed by atoms with Crippen molar-refractivity contribution in [3.05, 3.63) is 11.2 Å². The molecule has 1 N–H and O–H groups in total. The van der Waals surface area contributed by atoms with E-state index in [0.29, 0.717) is 10.3 Å². The minimum absolute atomic E-state index is 0.357. The highest BCUT2D eigenvalue weighted by Gasteiger charge is 2.07. The maximum absolute atomic E-state index is 8.62. The standard InChI is InChI=1S/C3H3Cl2N3O/c4-3-1-6-8(9)7(5)2-3/h1-2,9H. The molecular formula is C3H3Cl2N3O. The summed E-state index contributed by atoms with van der Waals surface area (Å²) in [7, 11) is 0. The van der Waals surface area contributed by atoms with Gasteiger partial charge < -0.3 is 0 Å². The normalized spacial score (nSPS) is 18.3. The van der Waals surface area contributed by atoms with Crippen molar-refractivity contribution >= 4 is 29.6 Å². The molecule has 1 rings (SSSR count). The van der Waals surface area contributed by atoms with Crippen LogP contribution in [0.4, 0.5) is 0 Å². The van der Waals surface area contributed by atoms with E-state index in [1.54, 1.807) is 0 Å². The van der Waals surface area contributed by atoms with Gasteiger partial charge in [-0.25, -0.2) is 0 Å². The number of halogens is 2. The van der Waals surface area contributed by atoms with E-state index in [1.165, 1.54) is 12.4 Å². The van der Waals surface area contributed by atoms with Gasteiger partial charge in [0.2, 0.25) is 0 Å². The van der Waals surface area contributed by atoms with Crippen molar-refractivity contribution in [2.45, 2.75) is 0 Å². The van der Waals surface area contributed by atoms with Gasteiger partial charge in [0, 0.05) is 11.8 Å². The fourth-order valence-corrected chi connectivity index (χ4v) is 0.673. The summed E-state index contributed by atoms with van der Waals surface area (Å²) in [4.78, 5) is 0. The van der Waals surface area contributed by atoms with Gasteiger partial charge in [-0.3, -0.25) is 5.21 Å². The monoisotopic (exact) mass is 167 g/mol. The molecule has 9 heavy (non-hydrogen) atoms. The third-order valence-electron chi connectivity index (χ3n) is 0.685. The molecule has 0 bridgehead atoms. The van der Waals surface area contributed by atoms with Crippen LogP contribution in [0, 0.1) is 0 Å². The van der Waals surface area contributed by atoms with Gasteiger partial charge in [0.05, 0.1) is 17.4 Å². The molecule has 1 aliphatic heterocycles. The van der Waals surface area contributed by atoms with Gasteiger partial charge in [-0.15, -0.1) is 5.10 Å². The Bertz CT molecular complexity index is 168. The van der Waals surface area contributed by atoms with Crippen molar-refractivity contribution in [3.63, 3.8) is 0 Å². The van der Waals surface area contributed by atoms with Crippen molar-refractivity contribution in [1.82, 2.24) is 9.81 Å². The summed E-state index contributed by atoms with van der Waals surface area (Å²) in [5.41, 5.74) is 0. The second-order valence-corrected chi connectivity index (χ2v) is 2.10. The van der Waals surface area contributed by atoms with Gasteiger partial charge in [-0.2, -0.15) is 4.53 Å². The highest BCUT2D eigenvalue weighted by Crippen LogP contribution is 2.11. The van der Waals surface area contributed by atoms with Crippen LogP contribution in [0.15, 0.2) is 16.3 Å². The molecular weight excluding hydrogens is 165 g/mol. The first-order valence-electron chi connectivity index (χ1n) is 2.05. The minimum Gasteiger partial charge on any atom is -0.251 e. The summed E-state index contributed by atoms with van der Waals surface area (Å²) in [6.07, 6.45) is 2.57. The van der Waals surface area contributed by atoms with E-state index < -0.39 is 0 Å². The first-order valence-corrected chi connectivity index (χ1v) is 2.77. The fraction of sp³-hybridized carbons (Fsp3) is 0. The predicted octanol–water partition coefficient (Wildman–Crippen LogP) is 1.13. The second kappa shape index (κ2) is 2.43. The fourth-order valence-electron chi connectivity index (χ4n) is 0.343. The van der Waals surface area contributed by atoms with E-state index in [1.807, 2.05) is 0 Å². The van der Waals surface area contributed by atoms with Crippen molar-refractivity contribution in [3.8, 4) is 0 Å².